The molecule has 2 N–H and O–H groups in total. The number of carbonyl (C=O) groups excluding carboxylic acids is 1. The lowest BCUT2D eigenvalue weighted by Gasteiger charge is -2.09. The molecule has 110 valence electrons. The van der Waals surface area contributed by atoms with Crippen LogP contribution >= 0.6 is 0 Å². The van der Waals surface area contributed by atoms with Gasteiger partial charge < -0.3 is 15.4 Å². The van der Waals surface area contributed by atoms with Crippen molar-refractivity contribution in [3.05, 3.63) is 65.7 Å². The molecule has 1 amide bonds. The van der Waals surface area contributed by atoms with Crippen LogP contribution in [0.15, 0.2) is 54.6 Å². The third-order valence-corrected chi connectivity index (χ3v) is 3.13. The second-order valence-electron chi connectivity index (χ2n) is 4.68. The van der Waals surface area contributed by atoms with E-state index in [9.17, 15) is 4.79 Å². The molecule has 0 unspecified atom stereocenters. The predicted octanol–water partition coefficient (Wildman–Crippen LogP) is 2.10. The summed E-state index contributed by atoms with van der Waals surface area (Å²) in [6.45, 7) is 1.43. The van der Waals surface area contributed by atoms with Crippen LogP contribution in [0.1, 0.15) is 11.1 Å². The van der Waals surface area contributed by atoms with E-state index in [1.54, 1.807) is 7.11 Å². The van der Waals surface area contributed by atoms with Gasteiger partial charge in [0.25, 0.3) is 0 Å². The van der Waals surface area contributed by atoms with Gasteiger partial charge in [-0.25, -0.2) is 0 Å². The zero-order chi connectivity index (χ0) is 14.9. The molecule has 0 spiro atoms. The molecular weight excluding hydrogens is 264 g/mol. The lowest BCUT2D eigenvalue weighted by molar-refractivity contribution is -0.120. The van der Waals surface area contributed by atoms with Gasteiger partial charge in [0.2, 0.25) is 5.91 Å². The molecule has 0 aliphatic carbocycles. The number of rotatable bonds is 7. The molecule has 4 nitrogen and oxygen atoms in total. The number of hydrogen-bond acceptors (Lipinski definition) is 3. The van der Waals surface area contributed by atoms with Gasteiger partial charge in [0.1, 0.15) is 5.75 Å². The van der Waals surface area contributed by atoms with Crippen LogP contribution in [0, 0.1) is 0 Å². The Hall–Kier alpha value is -2.33. The molecule has 0 aliphatic heterocycles. The van der Waals surface area contributed by atoms with Crippen LogP contribution in [0.25, 0.3) is 0 Å². The summed E-state index contributed by atoms with van der Waals surface area (Å²) in [6, 6.07) is 17.6. The highest BCUT2D eigenvalue weighted by Gasteiger charge is 2.03. The van der Waals surface area contributed by atoms with E-state index in [-0.39, 0.29) is 12.5 Å². The lowest BCUT2D eigenvalue weighted by atomic mass is 10.2. The fraction of sp³-hybridized carbons (Fsp3) is 0.235. The quantitative estimate of drug-likeness (QED) is 0.818. The average molecular weight is 284 g/mol. The maximum atomic E-state index is 11.8. The first-order chi connectivity index (χ1) is 10.3. The molecule has 0 aliphatic rings. The normalized spacial score (nSPS) is 10.1. The van der Waals surface area contributed by atoms with Gasteiger partial charge in [-0.05, 0) is 11.6 Å². The predicted molar refractivity (Wildman–Crippen MR) is 83.0 cm³/mol. The molecule has 21 heavy (non-hydrogen) atoms. The summed E-state index contributed by atoms with van der Waals surface area (Å²) < 4.78 is 5.27. The van der Waals surface area contributed by atoms with Gasteiger partial charge in [-0.2, -0.15) is 0 Å². The van der Waals surface area contributed by atoms with E-state index in [0.717, 1.165) is 16.9 Å². The molecule has 0 bridgehead atoms. The Morgan fingerprint density at radius 3 is 2.48 bits per heavy atom. The summed E-state index contributed by atoms with van der Waals surface area (Å²) in [5.41, 5.74) is 2.13. The Morgan fingerprint density at radius 2 is 1.71 bits per heavy atom. The molecule has 0 atom stereocenters. The summed E-state index contributed by atoms with van der Waals surface area (Å²) in [5.74, 6) is 0.809. The average Bonchev–Trinajstić information content (AvgIpc) is 2.54. The largest absolute Gasteiger partial charge is 0.496 e. The monoisotopic (exact) mass is 284 g/mol. The topological polar surface area (TPSA) is 50.4 Å². The molecule has 2 aromatic carbocycles. The van der Waals surface area contributed by atoms with E-state index < -0.39 is 0 Å². The van der Waals surface area contributed by atoms with Crippen LogP contribution in [-0.2, 0) is 17.9 Å². The van der Waals surface area contributed by atoms with E-state index in [1.807, 2.05) is 54.6 Å². The van der Waals surface area contributed by atoms with Crippen molar-refractivity contribution in [2.45, 2.75) is 13.1 Å². The van der Waals surface area contributed by atoms with Crippen molar-refractivity contribution in [3.8, 4) is 5.75 Å². The zero-order valence-corrected chi connectivity index (χ0v) is 12.1. The molecule has 2 aromatic rings. The maximum Gasteiger partial charge on any atom is 0.234 e. The second kappa shape index (κ2) is 8.07. The van der Waals surface area contributed by atoms with Crippen LogP contribution in [-0.4, -0.2) is 19.6 Å². The number of nitrogens with one attached hydrogen (secondary N) is 2. The third-order valence-electron chi connectivity index (χ3n) is 3.13. The molecule has 2 rings (SSSR count). The van der Waals surface area contributed by atoms with Gasteiger partial charge in [0.15, 0.2) is 0 Å². The molecule has 4 heteroatoms. The van der Waals surface area contributed by atoms with E-state index >= 15 is 0 Å². The van der Waals surface area contributed by atoms with Crippen LogP contribution in [0.4, 0.5) is 0 Å². The minimum atomic E-state index is -0.0197. The minimum Gasteiger partial charge on any atom is -0.496 e. The first kappa shape index (κ1) is 15.1. The highest BCUT2D eigenvalue weighted by molar-refractivity contribution is 5.77. The maximum absolute atomic E-state index is 11.8. The van der Waals surface area contributed by atoms with Crippen molar-refractivity contribution in [1.29, 1.82) is 0 Å². The standard InChI is InChI=1S/C17H20N2O2/c1-21-16-10-6-5-9-15(16)12-18-13-17(20)19-11-14-7-3-2-4-8-14/h2-10,18H,11-13H2,1H3,(H,19,20). The van der Waals surface area contributed by atoms with Gasteiger partial charge in [-0.3, -0.25) is 4.79 Å². The molecule has 0 heterocycles. The summed E-state index contributed by atoms with van der Waals surface area (Å²) in [7, 11) is 1.64. The number of amides is 1. The zero-order valence-electron chi connectivity index (χ0n) is 12.1. The number of para-hydroxylation sites is 1. The number of ether oxygens (including phenoxy) is 1. The SMILES string of the molecule is COc1ccccc1CNCC(=O)NCc1ccccc1. The second-order valence-corrected chi connectivity index (χ2v) is 4.68. The van der Waals surface area contributed by atoms with Crippen molar-refractivity contribution in [2.75, 3.05) is 13.7 Å². The molecule has 0 fully saturated rings. The van der Waals surface area contributed by atoms with Gasteiger partial charge in [0.05, 0.1) is 13.7 Å². The summed E-state index contributed by atoms with van der Waals surface area (Å²) >= 11 is 0. The Kier molecular flexibility index (Phi) is 5.79. The minimum absolute atomic E-state index is 0.0197. The number of hydrogen-bond donors (Lipinski definition) is 2. The highest BCUT2D eigenvalue weighted by Crippen LogP contribution is 2.16. The Bertz CT molecular complexity index is 570. The number of methoxy groups -OCH3 is 1. The first-order valence-electron chi connectivity index (χ1n) is 6.93. The molecule has 0 radical (unpaired) electrons. The van der Waals surface area contributed by atoms with Gasteiger partial charge in [-0.15, -0.1) is 0 Å². The van der Waals surface area contributed by atoms with Crippen molar-refractivity contribution < 1.29 is 9.53 Å². The van der Waals surface area contributed by atoms with E-state index in [0.29, 0.717) is 13.1 Å². The Morgan fingerprint density at radius 1 is 1.00 bits per heavy atom. The van der Waals surface area contributed by atoms with Crippen molar-refractivity contribution in [3.63, 3.8) is 0 Å². The first-order valence-corrected chi connectivity index (χ1v) is 6.93. The molecule has 0 aromatic heterocycles. The molecular formula is C17H20N2O2. The van der Waals surface area contributed by atoms with Crippen LogP contribution in [0.3, 0.4) is 0 Å². The van der Waals surface area contributed by atoms with Crippen LogP contribution < -0.4 is 15.4 Å². The highest BCUT2D eigenvalue weighted by atomic mass is 16.5. The fourth-order valence-electron chi connectivity index (χ4n) is 2.02. The van der Waals surface area contributed by atoms with Gasteiger partial charge in [0, 0.05) is 18.7 Å². The van der Waals surface area contributed by atoms with Crippen molar-refractivity contribution in [1.82, 2.24) is 10.6 Å². The Balaban J connectivity index is 1.72. The van der Waals surface area contributed by atoms with Gasteiger partial charge >= 0.3 is 0 Å². The van der Waals surface area contributed by atoms with Crippen molar-refractivity contribution >= 4 is 5.91 Å². The lowest BCUT2D eigenvalue weighted by Crippen LogP contribution is -2.33. The van der Waals surface area contributed by atoms with E-state index in [1.165, 1.54) is 0 Å². The summed E-state index contributed by atoms with van der Waals surface area (Å²) in [5, 5.41) is 6.00. The number of benzene rings is 2. The third kappa shape index (κ3) is 4.93. The summed E-state index contributed by atoms with van der Waals surface area (Å²) in [4.78, 5) is 11.8. The smallest absolute Gasteiger partial charge is 0.234 e. The van der Waals surface area contributed by atoms with E-state index in [4.69, 9.17) is 4.74 Å². The molecule has 0 saturated carbocycles. The summed E-state index contributed by atoms with van der Waals surface area (Å²) in [6.07, 6.45) is 0. The fourth-order valence-corrected chi connectivity index (χ4v) is 2.02. The Labute approximate surface area is 125 Å². The van der Waals surface area contributed by atoms with E-state index in [2.05, 4.69) is 10.6 Å². The number of carbonyl (C=O) groups is 1. The van der Waals surface area contributed by atoms with Crippen molar-refractivity contribution in [2.24, 2.45) is 0 Å². The molecule has 0 saturated heterocycles. The van der Waals surface area contributed by atoms with Crippen LogP contribution in [0.2, 0.25) is 0 Å². The van der Waals surface area contributed by atoms with Gasteiger partial charge in [-0.1, -0.05) is 48.5 Å². The van der Waals surface area contributed by atoms with Crippen LogP contribution in [0.5, 0.6) is 5.75 Å².